The first-order valence-corrected chi connectivity index (χ1v) is 6.90. The minimum Gasteiger partial charge on any atom is -0.436 e. The van der Waals surface area contributed by atoms with E-state index in [9.17, 15) is 14.5 Å². The van der Waals surface area contributed by atoms with Crippen LogP contribution in [0.4, 0.5) is 21.6 Å². The third-order valence-electron chi connectivity index (χ3n) is 3.27. The van der Waals surface area contributed by atoms with Crippen LogP contribution in [0.5, 0.6) is 0 Å². The van der Waals surface area contributed by atoms with Crippen molar-refractivity contribution >= 4 is 39.7 Å². The molecule has 0 atom stereocenters. The number of rotatable bonds is 3. The number of nitro benzene ring substituents is 1. The van der Waals surface area contributed by atoms with Gasteiger partial charge in [0.25, 0.3) is 5.69 Å². The van der Waals surface area contributed by atoms with Crippen molar-refractivity contribution in [1.82, 2.24) is 9.97 Å². The number of nitro groups is 1. The van der Waals surface area contributed by atoms with Crippen LogP contribution >= 0.6 is 11.6 Å². The summed E-state index contributed by atoms with van der Waals surface area (Å²) in [6.07, 6.45) is 1.32. The number of halogens is 2. The van der Waals surface area contributed by atoms with Gasteiger partial charge in [0.05, 0.1) is 15.5 Å². The smallest absolute Gasteiger partial charge is 0.273 e. The van der Waals surface area contributed by atoms with Crippen LogP contribution < -0.4 is 0 Å². The maximum Gasteiger partial charge on any atom is 0.273 e. The van der Waals surface area contributed by atoms with E-state index in [1.807, 2.05) is 0 Å². The Kier molecular flexibility index (Phi) is 3.79. The summed E-state index contributed by atoms with van der Waals surface area (Å²) >= 11 is 5.73. The Balaban J connectivity index is 2.11. The van der Waals surface area contributed by atoms with Crippen LogP contribution in [0.1, 0.15) is 5.56 Å². The van der Waals surface area contributed by atoms with Crippen LogP contribution in [0, 0.1) is 22.9 Å². The number of hydrogen-bond acceptors (Lipinski definition) is 4. The SMILES string of the molecule is Cc1cc2ncnc([N-]c3ccc(F)c(Cl)c3)c2cc1[N+](=O)[O-]. The number of hydrogen-bond donors (Lipinski definition) is 0. The molecule has 2 aromatic carbocycles. The quantitative estimate of drug-likeness (QED) is 0.500. The van der Waals surface area contributed by atoms with Crippen molar-refractivity contribution in [3.63, 3.8) is 0 Å². The molecule has 0 aliphatic heterocycles. The molecule has 0 spiro atoms. The van der Waals surface area contributed by atoms with Gasteiger partial charge in [-0.15, -0.1) is 0 Å². The van der Waals surface area contributed by atoms with E-state index < -0.39 is 10.7 Å². The van der Waals surface area contributed by atoms with Gasteiger partial charge in [-0.2, -0.15) is 0 Å². The van der Waals surface area contributed by atoms with Gasteiger partial charge >= 0.3 is 0 Å². The van der Waals surface area contributed by atoms with Crippen molar-refractivity contribution in [2.75, 3.05) is 0 Å². The summed E-state index contributed by atoms with van der Waals surface area (Å²) in [4.78, 5) is 18.8. The van der Waals surface area contributed by atoms with E-state index in [1.165, 1.54) is 30.6 Å². The van der Waals surface area contributed by atoms with E-state index in [0.717, 1.165) is 0 Å². The molecule has 6 nitrogen and oxygen atoms in total. The van der Waals surface area contributed by atoms with Gasteiger partial charge in [-0.3, -0.25) is 15.1 Å². The van der Waals surface area contributed by atoms with Gasteiger partial charge in [-0.25, -0.2) is 4.39 Å². The lowest BCUT2D eigenvalue weighted by atomic mass is 10.1. The number of aromatic nitrogens is 2. The predicted molar refractivity (Wildman–Crippen MR) is 85.0 cm³/mol. The molecule has 3 rings (SSSR count). The molecule has 0 fully saturated rings. The Morgan fingerprint density at radius 2 is 2.04 bits per heavy atom. The Hall–Kier alpha value is -2.80. The minimum absolute atomic E-state index is 0.0408. The summed E-state index contributed by atoms with van der Waals surface area (Å²) in [5, 5.41) is 15.7. The highest BCUT2D eigenvalue weighted by Crippen LogP contribution is 2.37. The van der Waals surface area contributed by atoms with Crippen molar-refractivity contribution in [1.29, 1.82) is 0 Å². The first-order chi connectivity index (χ1) is 11.0. The average Bonchev–Trinajstić information content (AvgIpc) is 2.50. The van der Waals surface area contributed by atoms with E-state index in [1.54, 1.807) is 13.0 Å². The molecule has 0 aliphatic rings. The molecule has 23 heavy (non-hydrogen) atoms. The first kappa shape index (κ1) is 15.1. The molecular weight excluding hydrogens is 323 g/mol. The van der Waals surface area contributed by atoms with Gasteiger partial charge in [0.1, 0.15) is 5.82 Å². The Morgan fingerprint density at radius 3 is 2.74 bits per heavy atom. The van der Waals surface area contributed by atoms with Crippen molar-refractivity contribution in [2.45, 2.75) is 6.92 Å². The Bertz CT molecular complexity index is 933. The lowest BCUT2D eigenvalue weighted by Crippen LogP contribution is -1.93. The molecule has 1 heterocycles. The summed E-state index contributed by atoms with van der Waals surface area (Å²) in [5.74, 6) is -0.301. The molecule has 0 N–H and O–H groups in total. The van der Waals surface area contributed by atoms with E-state index in [2.05, 4.69) is 15.3 Å². The van der Waals surface area contributed by atoms with E-state index >= 15 is 0 Å². The summed E-state index contributed by atoms with van der Waals surface area (Å²) in [7, 11) is 0. The summed E-state index contributed by atoms with van der Waals surface area (Å²) in [5.41, 5.74) is 1.38. The van der Waals surface area contributed by atoms with Gasteiger partial charge in [-0.1, -0.05) is 17.7 Å². The van der Waals surface area contributed by atoms with Gasteiger partial charge in [0.2, 0.25) is 0 Å². The zero-order valence-corrected chi connectivity index (χ0v) is 12.6. The third kappa shape index (κ3) is 2.91. The lowest BCUT2D eigenvalue weighted by molar-refractivity contribution is -0.385. The van der Waals surface area contributed by atoms with E-state index in [-0.39, 0.29) is 16.5 Å². The molecule has 0 unspecified atom stereocenters. The van der Waals surface area contributed by atoms with Crippen LogP contribution in [-0.4, -0.2) is 14.9 Å². The monoisotopic (exact) mass is 331 g/mol. The van der Waals surface area contributed by atoms with E-state index in [0.29, 0.717) is 22.2 Å². The van der Waals surface area contributed by atoms with Crippen molar-refractivity contribution in [3.05, 3.63) is 68.5 Å². The summed E-state index contributed by atoms with van der Waals surface area (Å²) < 4.78 is 13.2. The van der Waals surface area contributed by atoms with E-state index in [4.69, 9.17) is 11.6 Å². The van der Waals surface area contributed by atoms with Crippen LogP contribution in [0.15, 0.2) is 36.7 Å². The fourth-order valence-electron chi connectivity index (χ4n) is 2.15. The van der Waals surface area contributed by atoms with Crippen LogP contribution in [-0.2, 0) is 0 Å². The van der Waals surface area contributed by atoms with Crippen molar-refractivity contribution < 1.29 is 9.31 Å². The normalized spacial score (nSPS) is 10.7. The molecule has 0 bridgehead atoms. The highest BCUT2D eigenvalue weighted by Gasteiger charge is 2.12. The lowest BCUT2D eigenvalue weighted by Gasteiger charge is -2.18. The summed E-state index contributed by atoms with van der Waals surface area (Å²) in [6.45, 7) is 1.64. The van der Waals surface area contributed by atoms with Crippen LogP contribution in [0.2, 0.25) is 5.02 Å². The molecule has 0 saturated heterocycles. The predicted octanol–water partition coefficient (Wildman–Crippen LogP) is 4.98. The van der Waals surface area contributed by atoms with Gasteiger partial charge in [-0.05, 0) is 36.6 Å². The Morgan fingerprint density at radius 1 is 1.26 bits per heavy atom. The topological polar surface area (TPSA) is 83.0 Å². The molecule has 0 radical (unpaired) electrons. The highest BCUT2D eigenvalue weighted by atomic mass is 35.5. The average molecular weight is 332 g/mol. The zero-order valence-electron chi connectivity index (χ0n) is 11.8. The van der Waals surface area contributed by atoms with Gasteiger partial charge < -0.3 is 10.3 Å². The number of nitrogens with zero attached hydrogens (tertiary/aromatic N) is 4. The first-order valence-electron chi connectivity index (χ1n) is 6.52. The molecule has 3 aromatic rings. The maximum absolute atomic E-state index is 13.2. The van der Waals surface area contributed by atoms with Gasteiger partial charge in [0, 0.05) is 23.3 Å². The highest BCUT2D eigenvalue weighted by molar-refractivity contribution is 6.31. The second-order valence-corrected chi connectivity index (χ2v) is 5.23. The molecule has 0 saturated carbocycles. The molecular formula is C15H9ClFN4O2-. The number of benzene rings is 2. The fourth-order valence-corrected chi connectivity index (χ4v) is 2.32. The molecule has 0 aliphatic carbocycles. The summed E-state index contributed by atoms with van der Waals surface area (Å²) in [6, 6.07) is 6.97. The zero-order chi connectivity index (χ0) is 16.6. The van der Waals surface area contributed by atoms with Crippen LogP contribution in [0.3, 0.4) is 0 Å². The number of fused-ring (bicyclic) bond motifs is 1. The van der Waals surface area contributed by atoms with Crippen LogP contribution in [0.25, 0.3) is 16.2 Å². The fraction of sp³-hybridized carbons (Fsp3) is 0.0667. The Labute approximate surface area is 135 Å². The number of aryl methyl sites for hydroxylation is 1. The maximum atomic E-state index is 13.2. The van der Waals surface area contributed by atoms with Gasteiger partial charge in [0.15, 0.2) is 0 Å². The van der Waals surface area contributed by atoms with Crippen molar-refractivity contribution in [3.8, 4) is 0 Å². The third-order valence-corrected chi connectivity index (χ3v) is 3.56. The molecule has 0 amide bonds. The minimum atomic E-state index is -0.551. The largest absolute Gasteiger partial charge is 0.436 e. The second kappa shape index (κ2) is 5.77. The molecule has 116 valence electrons. The molecule has 1 aromatic heterocycles. The second-order valence-electron chi connectivity index (χ2n) is 4.82. The molecule has 8 heteroatoms. The van der Waals surface area contributed by atoms with Crippen molar-refractivity contribution in [2.24, 2.45) is 0 Å². The standard InChI is InChI=1S/C15H9ClFN4O2/c1-8-4-13-10(6-14(8)21(22)23)15(19-7-18-13)20-9-2-3-12(17)11(16)5-9/h2-7H,1H3/q-1.